The van der Waals surface area contributed by atoms with Crippen LogP contribution in [0.1, 0.15) is 21.8 Å². The third-order valence-electron chi connectivity index (χ3n) is 3.40. The van der Waals surface area contributed by atoms with E-state index in [9.17, 15) is 13.6 Å². The first-order valence-corrected chi connectivity index (χ1v) is 7.63. The van der Waals surface area contributed by atoms with E-state index in [-0.39, 0.29) is 23.8 Å². The summed E-state index contributed by atoms with van der Waals surface area (Å²) in [6, 6.07) is 12.9. The minimum atomic E-state index is -2.97. The average Bonchev–Trinajstić information content (AvgIpc) is 3.09. The number of benzene rings is 2. The molecule has 0 aliphatic heterocycles. The predicted octanol–water partition coefficient (Wildman–Crippen LogP) is 4.00. The van der Waals surface area contributed by atoms with Gasteiger partial charge in [0, 0.05) is 5.56 Å². The standard InChI is InChI=1S/C18H14F2N2O4/c1-11-5-7-12(8-6-11)16-21-15(26-22-16)10-24-17(23)13-3-2-4-14(9-13)25-18(19)20/h2-9,18H,10H2,1H3. The Kier molecular flexibility index (Phi) is 5.21. The molecule has 134 valence electrons. The molecule has 8 heteroatoms. The maximum atomic E-state index is 12.2. The molecular formula is C18H14F2N2O4. The molecule has 0 saturated heterocycles. The number of aryl methyl sites for hydroxylation is 1. The summed E-state index contributed by atoms with van der Waals surface area (Å²) in [6.07, 6.45) is 0. The topological polar surface area (TPSA) is 74.5 Å². The van der Waals surface area contributed by atoms with Gasteiger partial charge in [-0.15, -0.1) is 0 Å². The van der Waals surface area contributed by atoms with Crippen molar-refractivity contribution >= 4 is 5.97 Å². The fourth-order valence-electron chi connectivity index (χ4n) is 2.14. The molecule has 3 rings (SSSR count). The lowest BCUT2D eigenvalue weighted by Gasteiger charge is -2.06. The highest BCUT2D eigenvalue weighted by molar-refractivity contribution is 5.89. The molecule has 0 amide bonds. The molecule has 1 heterocycles. The van der Waals surface area contributed by atoms with Crippen LogP contribution in [0.15, 0.2) is 53.1 Å². The Morgan fingerprint density at radius 3 is 2.69 bits per heavy atom. The molecule has 0 N–H and O–H groups in total. The minimum Gasteiger partial charge on any atom is -0.452 e. The summed E-state index contributed by atoms with van der Waals surface area (Å²) in [6.45, 7) is -1.25. The van der Waals surface area contributed by atoms with Crippen molar-refractivity contribution in [1.29, 1.82) is 0 Å². The quantitative estimate of drug-likeness (QED) is 0.619. The summed E-state index contributed by atoms with van der Waals surface area (Å²) in [5.74, 6) is -0.356. The van der Waals surface area contributed by atoms with Gasteiger partial charge in [-0.05, 0) is 25.1 Å². The van der Waals surface area contributed by atoms with Gasteiger partial charge in [-0.1, -0.05) is 41.1 Å². The Morgan fingerprint density at radius 2 is 1.96 bits per heavy atom. The van der Waals surface area contributed by atoms with Crippen molar-refractivity contribution in [1.82, 2.24) is 10.1 Å². The lowest BCUT2D eigenvalue weighted by atomic mass is 10.1. The SMILES string of the molecule is Cc1ccc(-c2noc(COC(=O)c3cccc(OC(F)F)c3)n2)cc1. The van der Waals surface area contributed by atoms with E-state index in [1.807, 2.05) is 31.2 Å². The molecule has 0 aliphatic rings. The highest BCUT2D eigenvalue weighted by atomic mass is 19.3. The van der Waals surface area contributed by atoms with E-state index in [2.05, 4.69) is 14.9 Å². The van der Waals surface area contributed by atoms with Crippen molar-refractivity contribution in [2.45, 2.75) is 20.1 Å². The number of aromatic nitrogens is 2. The van der Waals surface area contributed by atoms with Crippen molar-refractivity contribution in [3.05, 3.63) is 65.5 Å². The molecule has 3 aromatic rings. The first-order chi connectivity index (χ1) is 12.5. The predicted molar refractivity (Wildman–Crippen MR) is 86.7 cm³/mol. The number of hydrogen-bond donors (Lipinski definition) is 0. The van der Waals surface area contributed by atoms with Crippen LogP contribution in [0, 0.1) is 6.92 Å². The van der Waals surface area contributed by atoms with E-state index in [1.165, 1.54) is 24.3 Å². The summed E-state index contributed by atoms with van der Waals surface area (Å²) in [5.41, 5.74) is 1.94. The second-order valence-electron chi connectivity index (χ2n) is 5.36. The molecule has 0 atom stereocenters. The van der Waals surface area contributed by atoms with Gasteiger partial charge < -0.3 is 14.0 Å². The molecule has 1 aromatic heterocycles. The molecule has 0 spiro atoms. The molecule has 0 radical (unpaired) electrons. The van der Waals surface area contributed by atoms with E-state index >= 15 is 0 Å². The van der Waals surface area contributed by atoms with E-state index in [0.717, 1.165) is 11.1 Å². The van der Waals surface area contributed by atoms with E-state index in [1.54, 1.807) is 0 Å². The molecule has 6 nitrogen and oxygen atoms in total. The third-order valence-corrected chi connectivity index (χ3v) is 3.40. The van der Waals surface area contributed by atoms with Gasteiger partial charge in [0.1, 0.15) is 5.75 Å². The maximum absolute atomic E-state index is 12.2. The van der Waals surface area contributed by atoms with Gasteiger partial charge in [0.2, 0.25) is 5.82 Å². The summed E-state index contributed by atoms with van der Waals surface area (Å²) < 4.78 is 38.8. The first-order valence-electron chi connectivity index (χ1n) is 7.63. The third kappa shape index (κ3) is 4.41. The van der Waals surface area contributed by atoms with Gasteiger partial charge in [-0.2, -0.15) is 13.8 Å². The van der Waals surface area contributed by atoms with Crippen LogP contribution in [0.4, 0.5) is 8.78 Å². The van der Waals surface area contributed by atoms with Crippen molar-refractivity contribution in [2.24, 2.45) is 0 Å². The van der Waals surface area contributed by atoms with Gasteiger partial charge in [-0.25, -0.2) is 4.79 Å². The zero-order valence-electron chi connectivity index (χ0n) is 13.7. The van der Waals surface area contributed by atoms with Crippen LogP contribution in [0.2, 0.25) is 0 Å². The Hall–Kier alpha value is -3.29. The van der Waals surface area contributed by atoms with Crippen molar-refractivity contribution in [3.8, 4) is 17.1 Å². The number of carbonyl (C=O) groups excluding carboxylic acids is 1. The lowest BCUT2D eigenvalue weighted by Crippen LogP contribution is -2.07. The highest BCUT2D eigenvalue weighted by Gasteiger charge is 2.14. The van der Waals surface area contributed by atoms with Crippen molar-refractivity contribution < 1.29 is 27.6 Å². The molecule has 2 aromatic carbocycles. The van der Waals surface area contributed by atoms with Crippen LogP contribution in [0.3, 0.4) is 0 Å². The van der Waals surface area contributed by atoms with E-state index in [4.69, 9.17) is 9.26 Å². The van der Waals surface area contributed by atoms with Crippen LogP contribution in [-0.4, -0.2) is 22.7 Å². The number of halogens is 2. The second kappa shape index (κ2) is 7.73. The smallest absolute Gasteiger partial charge is 0.387 e. The Labute approximate surface area is 147 Å². The van der Waals surface area contributed by atoms with Gasteiger partial charge in [-0.3, -0.25) is 0 Å². The Bertz CT molecular complexity index is 894. The number of rotatable bonds is 6. The molecule has 0 unspecified atom stereocenters. The summed E-state index contributed by atoms with van der Waals surface area (Å²) in [4.78, 5) is 16.2. The number of esters is 1. The van der Waals surface area contributed by atoms with Crippen LogP contribution in [0.25, 0.3) is 11.4 Å². The zero-order valence-corrected chi connectivity index (χ0v) is 13.7. The zero-order chi connectivity index (χ0) is 18.5. The van der Waals surface area contributed by atoms with Gasteiger partial charge in [0.25, 0.3) is 5.89 Å². The Morgan fingerprint density at radius 1 is 1.19 bits per heavy atom. The monoisotopic (exact) mass is 360 g/mol. The maximum Gasteiger partial charge on any atom is 0.387 e. The number of nitrogens with zero attached hydrogens (tertiary/aromatic N) is 2. The fourth-order valence-corrected chi connectivity index (χ4v) is 2.14. The molecular weight excluding hydrogens is 346 g/mol. The molecule has 0 bridgehead atoms. The number of carbonyl (C=O) groups is 1. The summed E-state index contributed by atoms with van der Waals surface area (Å²) >= 11 is 0. The first kappa shape index (κ1) is 17.5. The van der Waals surface area contributed by atoms with E-state index < -0.39 is 12.6 Å². The minimum absolute atomic E-state index is 0.0708. The molecule has 0 fully saturated rings. The molecule has 0 aliphatic carbocycles. The largest absolute Gasteiger partial charge is 0.452 e. The number of hydrogen-bond acceptors (Lipinski definition) is 6. The highest BCUT2D eigenvalue weighted by Crippen LogP contribution is 2.18. The fraction of sp³-hybridized carbons (Fsp3) is 0.167. The normalized spacial score (nSPS) is 10.8. The van der Waals surface area contributed by atoms with Crippen molar-refractivity contribution in [3.63, 3.8) is 0 Å². The Balaban J connectivity index is 1.62. The number of ether oxygens (including phenoxy) is 2. The second-order valence-corrected chi connectivity index (χ2v) is 5.36. The van der Waals surface area contributed by atoms with E-state index in [0.29, 0.717) is 5.82 Å². The summed E-state index contributed by atoms with van der Waals surface area (Å²) in [5, 5.41) is 3.83. The van der Waals surface area contributed by atoms with Gasteiger partial charge in [0.15, 0.2) is 6.61 Å². The van der Waals surface area contributed by atoms with Crippen LogP contribution in [-0.2, 0) is 11.3 Å². The van der Waals surface area contributed by atoms with Gasteiger partial charge in [0.05, 0.1) is 5.56 Å². The molecule has 26 heavy (non-hydrogen) atoms. The van der Waals surface area contributed by atoms with Crippen LogP contribution in [0.5, 0.6) is 5.75 Å². The van der Waals surface area contributed by atoms with Crippen LogP contribution < -0.4 is 4.74 Å². The van der Waals surface area contributed by atoms with Crippen LogP contribution >= 0.6 is 0 Å². The average molecular weight is 360 g/mol. The molecule has 0 saturated carbocycles. The lowest BCUT2D eigenvalue weighted by molar-refractivity contribution is -0.0499. The summed E-state index contributed by atoms with van der Waals surface area (Å²) in [7, 11) is 0. The van der Waals surface area contributed by atoms with Gasteiger partial charge >= 0.3 is 12.6 Å². The van der Waals surface area contributed by atoms with Crippen molar-refractivity contribution in [2.75, 3.05) is 0 Å². The number of alkyl halides is 2.